The molecule has 0 unspecified atom stereocenters. The number of phenols is 2. The molecular weight excluding hydrogens is 208 g/mol. The summed E-state index contributed by atoms with van der Waals surface area (Å²) in [7, 11) is 0. The number of anilines is 1. The fourth-order valence-electron chi connectivity index (χ4n) is 1.39. The molecule has 6 heteroatoms. The molecule has 80 valence electrons. The monoisotopic (exact) mass is 216 g/mol. The number of aromatic hydroxyl groups is 2. The summed E-state index contributed by atoms with van der Waals surface area (Å²) in [6, 6.07) is 4.26. The minimum absolute atomic E-state index is 0.0633. The molecule has 1 heterocycles. The minimum Gasteiger partial charge on any atom is -0.507 e. The van der Waals surface area contributed by atoms with Crippen LogP contribution in [0.4, 0.5) is 5.82 Å². The van der Waals surface area contributed by atoms with E-state index in [1.807, 2.05) is 6.07 Å². The van der Waals surface area contributed by atoms with Crippen LogP contribution in [0.15, 0.2) is 18.3 Å². The van der Waals surface area contributed by atoms with E-state index in [4.69, 9.17) is 11.0 Å². The lowest BCUT2D eigenvalue weighted by atomic mass is 10.0. The van der Waals surface area contributed by atoms with Crippen LogP contribution in [0.25, 0.3) is 11.1 Å². The summed E-state index contributed by atoms with van der Waals surface area (Å²) >= 11 is 0. The highest BCUT2D eigenvalue weighted by molar-refractivity contribution is 5.79. The fourth-order valence-corrected chi connectivity index (χ4v) is 1.39. The van der Waals surface area contributed by atoms with E-state index in [2.05, 4.69) is 10.2 Å². The Morgan fingerprint density at radius 3 is 2.56 bits per heavy atom. The SMILES string of the molecule is N#Cc1cc(-c2cn[nH]c2N)c(O)cc1O. The molecule has 0 atom stereocenters. The van der Waals surface area contributed by atoms with Crippen LogP contribution in [-0.2, 0) is 0 Å². The average molecular weight is 216 g/mol. The topological polar surface area (TPSA) is 119 Å². The van der Waals surface area contributed by atoms with Crippen LogP contribution in [0.1, 0.15) is 5.56 Å². The molecule has 2 aromatic rings. The molecule has 0 aliphatic carbocycles. The number of nitrogens with two attached hydrogens (primary N) is 1. The lowest BCUT2D eigenvalue weighted by Crippen LogP contribution is -1.89. The van der Waals surface area contributed by atoms with Crippen LogP contribution in [0.3, 0.4) is 0 Å². The molecule has 0 saturated heterocycles. The van der Waals surface area contributed by atoms with E-state index in [9.17, 15) is 10.2 Å². The van der Waals surface area contributed by atoms with Gasteiger partial charge in [-0.15, -0.1) is 0 Å². The second-order valence-electron chi connectivity index (χ2n) is 3.20. The molecule has 0 bridgehead atoms. The Kier molecular flexibility index (Phi) is 2.14. The van der Waals surface area contributed by atoms with Gasteiger partial charge in [-0.3, -0.25) is 5.10 Å². The number of aromatic amines is 1. The molecule has 0 aliphatic rings. The summed E-state index contributed by atoms with van der Waals surface area (Å²) in [5.74, 6) is -0.153. The van der Waals surface area contributed by atoms with Gasteiger partial charge in [-0.05, 0) is 6.07 Å². The number of nitrogens with one attached hydrogen (secondary N) is 1. The maximum atomic E-state index is 9.64. The molecule has 2 rings (SSSR count). The highest BCUT2D eigenvalue weighted by atomic mass is 16.3. The Labute approximate surface area is 90.6 Å². The highest BCUT2D eigenvalue weighted by Gasteiger charge is 2.13. The number of nitrogens with zero attached hydrogens (tertiary/aromatic N) is 2. The summed E-state index contributed by atoms with van der Waals surface area (Å²) in [5.41, 5.74) is 6.49. The van der Waals surface area contributed by atoms with Gasteiger partial charge in [0, 0.05) is 17.2 Å². The van der Waals surface area contributed by atoms with Crippen LogP contribution < -0.4 is 5.73 Å². The zero-order valence-corrected chi connectivity index (χ0v) is 8.10. The lowest BCUT2D eigenvalue weighted by molar-refractivity contribution is 0.451. The van der Waals surface area contributed by atoms with Gasteiger partial charge in [0.25, 0.3) is 0 Å². The van der Waals surface area contributed by atoms with Crippen molar-refractivity contribution < 1.29 is 10.2 Å². The summed E-state index contributed by atoms with van der Waals surface area (Å²) < 4.78 is 0. The van der Waals surface area contributed by atoms with Gasteiger partial charge in [-0.2, -0.15) is 10.4 Å². The molecule has 0 aliphatic heterocycles. The number of hydrogen-bond acceptors (Lipinski definition) is 5. The summed E-state index contributed by atoms with van der Waals surface area (Å²) in [4.78, 5) is 0. The number of aromatic nitrogens is 2. The van der Waals surface area contributed by atoms with Crippen LogP contribution >= 0.6 is 0 Å². The van der Waals surface area contributed by atoms with Gasteiger partial charge in [0.05, 0.1) is 11.8 Å². The van der Waals surface area contributed by atoms with Crippen molar-refractivity contribution in [1.82, 2.24) is 10.2 Å². The summed E-state index contributed by atoms with van der Waals surface area (Å²) in [6.45, 7) is 0. The number of hydrogen-bond donors (Lipinski definition) is 4. The first-order valence-electron chi connectivity index (χ1n) is 4.38. The van der Waals surface area contributed by atoms with E-state index in [-0.39, 0.29) is 22.9 Å². The molecule has 6 nitrogen and oxygen atoms in total. The van der Waals surface area contributed by atoms with Crippen LogP contribution in [0.5, 0.6) is 11.5 Å². The van der Waals surface area contributed by atoms with Crippen molar-refractivity contribution >= 4 is 5.82 Å². The molecular formula is C10H8N4O2. The summed E-state index contributed by atoms with van der Waals surface area (Å²) in [5, 5.41) is 34.0. The molecule has 0 fully saturated rings. The third kappa shape index (κ3) is 1.40. The van der Waals surface area contributed by atoms with E-state index in [0.29, 0.717) is 11.1 Å². The van der Waals surface area contributed by atoms with Gasteiger partial charge in [0.2, 0.25) is 0 Å². The van der Waals surface area contributed by atoms with Gasteiger partial charge in [0.1, 0.15) is 23.4 Å². The molecule has 0 radical (unpaired) electrons. The third-order valence-electron chi connectivity index (χ3n) is 2.19. The quantitative estimate of drug-likeness (QED) is 0.565. The van der Waals surface area contributed by atoms with E-state index in [1.165, 1.54) is 12.3 Å². The molecule has 0 spiro atoms. The standard InChI is InChI=1S/C10H8N4O2/c11-3-5-1-6(9(16)2-8(5)15)7-4-13-14-10(7)12/h1-2,4,15-16H,(H3,12,13,14). The van der Waals surface area contributed by atoms with Gasteiger partial charge in [-0.25, -0.2) is 0 Å². The third-order valence-corrected chi connectivity index (χ3v) is 2.19. The predicted octanol–water partition coefficient (Wildman–Crippen LogP) is 0.942. The summed E-state index contributed by atoms with van der Waals surface area (Å²) in [6.07, 6.45) is 1.43. The minimum atomic E-state index is -0.272. The van der Waals surface area contributed by atoms with E-state index < -0.39 is 0 Å². The second-order valence-corrected chi connectivity index (χ2v) is 3.20. The number of phenolic OH excluding ortho intramolecular Hbond substituents is 2. The van der Waals surface area contributed by atoms with E-state index >= 15 is 0 Å². The largest absolute Gasteiger partial charge is 0.507 e. The zero-order chi connectivity index (χ0) is 11.7. The number of nitriles is 1. The first kappa shape index (κ1) is 9.86. The average Bonchev–Trinajstić information content (AvgIpc) is 2.65. The maximum absolute atomic E-state index is 9.64. The molecule has 1 aromatic carbocycles. The zero-order valence-electron chi connectivity index (χ0n) is 8.10. The van der Waals surface area contributed by atoms with Gasteiger partial charge >= 0.3 is 0 Å². The van der Waals surface area contributed by atoms with Crippen LogP contribution in [-0.4, -0.2) is 20.4 Å². The maximum Gasteiger partial charge on any atom is 0.137 e. The van der Waals surface area contributed by atoms with Crippen molar-refractivity contribution in [3.63, 3.8) is 0 Å². The van der Waals surface area contributed by atoms with Crippen LogP contribution in [0, 0.1) is 11.3 Å². The Morgan fingerprint density at radius 2 is 2.00 bits per heavy atom. The number of benzene rings is 1. The second kappa shape index (κ2) is 3.47. The van der Waals surface area contributed by atoms with Gasteiger partial charge in [0.15, 0.2) is 0 Å². The molecule has 5 N–H and O–H groups in total. The van der Waals surface area contributed by atoms with Crippen molar-refractivity contribution in [3.05, 3.63) is 23.9 Å². The Morgan fingerprint density at radius 1 is 1.25 bits per heavy atom. The fraction of sp³-hybridized carbons (Fsp3) is 0. The van der Waals surface area contributed by atoms with Gasteiger partial charge in [-0.1, -0.05) is 0 Å². The number of nitrogen functional groups attached to an aromatic ring is 1. The molecule has 0 saturated carbocycles. The number of rotatable bonds is 1. The highest BCUT2D eigenvalue weighted by Crippen LogP contribution is 2.36. The Hall–Kier alpha value is -2.68. The Bertz CT molecular complexity index is 583. The van der Waals surface area contributed by atoms with E-state index in [1.54, 1.807) is 0 Å². The smallest absolute Gasteiger partial charge is 0.137 e. The molecule has 0 amide bonds. The van der Waals surface area contributed by atoms with Crippen molar-refractivity contribution in [1.29, 1.82) is 5.26 Å². The number of H-pyrrole nitrogens is 1. The van der Waals surface area contributed by atoms with Crippen molar-refractivity contribution in [2.75, 3.05) is 5.73 Å². The molecule has 16 heavy (non-hydrogen) atoms. The molecule has 1 aromatic heterocycles. The lowest BCUT2D eigenvalue weighted by Gasteiger charge is -2.05. The Balaban J connectivity index is 2.67. The van der Waals surface area contributed by atoms with E-state index in [0.717, 1.165) is 6.07 Å². The van der Waals surface area contributed by atoms with Crippen molar-refractivity contribution in [3.8, 4) is 28.7 Å². The first-order valence-corrected chi connectivity index (χ1v) is 4.38. The predicted molar refractivity (Wildman–Crippen MR) is 56.5 cm³/mol. The first-order chi connectivity index (χ1) is 7.63. The van der Waals surface area contributed by atoms with Gasteiger partial charge < -0.3 is 15.9 Å². The normalized spacial score (nSPS) is 9.94. The van der Waals surface area contributed by atoms with Crippen molar-refractivity contribution in [2.24, 2.45) is 0 Å². The van der Waals surface area contributed by atoms with Crippen molar-refractivity contribution in [2.45, 2.75) is 0 Å². The van der Waals surface area contributed by atoms with Crippen LogP contribution in [0.2, 0.25) is 0 Å².